The summed E-state index contributed by atoms with van der Waals surface area (Å²) in [6.45, 7) is 7.28. The van der Waals surface area contributed by atoms with Crippen molar-refractivity contribution in [2.75, 3.05) is 13.2 Å². The molecule has 86 valence electrons. The van der Waals surface area contributed by atoms with Crippen LogP contribution in [0.3, 0.4) is 0 Å². The summed E-state index contributed by atoms with van der Waals surface area (Å²) in [5.74, 6) is 0. The van der Waals surface area contributed by atoms with Gasteiger partial charge in [0.2, 0.25) is 0 Å². The summed E-state index contributed by atoms with van der Waals surface area (Å²) in [5, 5.41) is 0. The van der Waals surface area contributed by atoms with Gasteiger partial charge in [-0.05, 0) is 33.6 Å². The van der Waals surface area contributed by atoms with E-state index in [1.165, 1.54) is 0 Å². The lowest BCUT2D eigenvalue weighted by Gasteiger charge is -2.27. The molecule has 4 nitrogen and oxygen atoms in total. The van der Waals surface area contributed by atoms with E-state index in [2.05, 4.69) is 0 Å². The average molecular weight is 213 g/mol. The predicted molar refractivity (Wildman–Crippen MR) is 55.7 cm³/mol. The van der Waals surface area contributed by atoms with Gasteiger partial charge in [-0.25, -0.2) is 4.79 Å². The fourth-order valence-corrected chi connectivity index (χ4v) is 2.00. The van der Waals surface area contributed by atoms with Crippen molar-refractivity contribution >= 4 is 6.09 Å². The lowest BCUT2D eigenvalue weighted by molar-refractivity contribution is 0.0204. The summed E-state index contributed by atoms with van der Waals surface area (Å²) < 4.78 is 10.6. The highest BCUT2D eigenvalue weighted by atomic mass is 16.6. The molecular weight excluding hydrogens is 194 g/mol. The minimum absolute atomic E-state index is 0.194. The highest BCUT2D eigenvalue weighted by Gasteiger charge is 2.42. The van der Waals surface area contributed by atoms with Crippen molar-refractivity contribution < 1.29 is 14.3 Å². The minimum atomic E-state index is -0.408. The van der Waals surface area contributed by atoms with Gasteiger partial charge in [0, 0.05) is 6.54 Å². The molecule has 0 bridgehead atoms. The van der Waals surface area contributed by atoms with E-state index in [9.17, 15) is 4.79 Å². The molecule has 1 amide bonds. The van der Waals surface area contributed by atoms with Crippen LogP contribution in [0.4, 0.5) is 4.79 Å². The Hall–Kier alpha value is -0.770. The molecule has 2 rings (SSSR count). The summed E-state index contributed by atoms with van der Waals surface area (Å²) in [6.07, 6.45) is 2.17. The molecule has 2 heterocycles. The Bertz CT molecular complexity index is 255. The summed E-state index contributed by atoms with van der Waals surface area (Å²) in [7, 11) is 0. The van der Waals surface area contributed by atoms with Gasteiger partial charge in [0.1, 0.15) is 11.7 Å². The maximum atomic E-state index is 11.9. The molecule has 0 aliphatic carbocycles. The lowest BCUT2D eigenvalue weighted by atomic mass is 10.1. The summed E-state index contributed by atoms with van der Waals surface area (Å²) in [6, 6.07) is 0.250. The average Bonchev–Trinajstić information content (AvgIpc) is 2.80. The summed E-state index contributed by atoms with van der Waals surface area (Å²) >= 11 is 0. The number of carbonyl (C=O) groups is 1. The number of amides is 1. The molecule has 2 aliphatic rings. The smallest absolute Gasteiger partial charge is 0.410 e. The normalized spacial score (nSPS) is 30.5. The second-order valence-corrected chi connectivity index (χ2v) is 5.26. The molecule has 0 aromatic carbocycles. The van der Waals surface area contributed by atoms with Gasteiger partial charge in [-0.2, -0.15) is 0 Å². The molecule has 0 N–H and O–H groups in total. The zero-order valence-electron chi connectivity index (χ0n) is 9.66. The Labute approximate surface area is 90.5 Å². The largest absolute Gasteiger partial charge is 0.444 e. The van der Waals surface area contributed by atoms with E-state index in [0.29, 0.717) is 0 Å². The van der Waals surface area contributed by atoms with Crippen LogP contribution in [0, 0.1) is 0 Å². The first-order chi connectivity index (χ1) is 6.97. The second kappa shape index (κ2) is 3.67. The molecule has 0 saturated carbocycles. The summed E-state index contributed by atoms with van der Waals surface area (Å²) in [5.41, 5.74) is -0.408. The van der Waals surface area contributed by atoms with Crippen LogP contribution >= 0.6 is 0 Å². The van der Waals surface area contributed by atoms with E-state index in [0.717, 1.165) is 26.0 Å². The Kier molecular flexibility index (Phi) is 2.63. The van der Waals surface area contributed by atoms with Crippen molar-refractivity contribution in [3.05, 3.63) is 0 Å². The molecule has 2 atom stereocenters. The van der Waals surface area contributed by atoms with Crippen molar-refractivity contribution in [2.24, 2.45) is 0 Å². The fraction of sp³-hybridized carbons (Fsp3) is 0.909. The number of nitrogens with zero attached hydrogens (tertiary/aromatic N) is 1. The Morgan fingerprint density at radius 2 is 2.13 bits per heavy atom. The van der Waals surface area contributed by atoms with E-state index < -0.39 is 5.60 Å². The quantitative estimate of drug-likeness (QED) is 0.623. The van der Waals surface area contributed by atoms with Crippen molar-refractivity contribution in [3.8, 4) is 0 Å². The van der Waals surface area contributed by atoms with E-state index >= 15 is 0 Å². The Morgan fingerprint density at radius 3 is 2.67 bits per heavy atom. The molecule has 2 saturated heterocycles. The molecule has 0 spiro atoms. The van der Waals surface area contributed by atoms with Crippen LogP contribution in [0.15, 0.2) is 0 Å². The number of ether oxygens (including phenoxy) is 2. The van der Waals surface area contributed by atoms with Crippen LogP contribution in [0.2, 0.25) is 0 Å². The Morgan fingerprint density at radius 1 is 1.47 bits per heavy atom. The van der Waals surface area contributed by atoms with Crippen LogP contribution in [-0.4, -0.2) is 41.9 Å². The minimum Gasteiger partial charge on any atom is -0.444 e. The fourth-order valence-electron chi connectivity index (χ4n) is 2.00. The second-order valence-electron chi connectivity index (χ2n) is 5.26. The highest BCUT2D eigenvalue weighted by molar-refractivity contribution is 5.69. The van der Waals surface area contributed by atoms with Crippen LogP contribution in [0.25, 0.3) is 0 Å². The van der Waals surface area contributed by atoms with E-state index in [1.54, 1.807) is 0 Å². The molecule has 0 aromatic heterocycles. The molecule has 15 heavy (non-hydrogen) atoms. The number of carbonyl (C=O) groups excluding carboxylic acids is 1. The van der Waals surface area contributed by atoms with Gasteiger partial charge >= 0.3 is 6.09 Å². The summed E-state index contributed by atoms with van der Waals surface area (Å²) in [4.78, 5) is 13.7. The Balaban J connectivity index is 1.93. The van der Waals surface area contributed by atoms with E-state index in [1.807, 2.05) is 25.7 Å². The van der Waals surface area contributed by atoms with E-state index in [4.69, 9.17) is 9.47 Å². The SMILES string of the molecule is CC(C)(C)OC(=O)N1CCC[C@H]1[C@H]1CO1. The first kappa shape index (κ1) is 10.7. The zero-order valence-corrected chi connectivity index (χ0v) is 9.66. The maximum Gasteiger partial charge on any atom is 0.410 e. The third-order valence-corrected chi connectivity index (χ3v) is 2.72. The number of rotatable bonds is 1. The molecule has 0 aromatic rings. The number of likely N-dealkylation sites (tertiary alicyclic amines) is 1. The van der Waals surface area contributed by atoms with Gasteiger partial charge in [-0.1, -0.05) is 0 Å². The topological polar surface area (TPSA) is 42.1 Å². The number of hydrogen-bond donors (Lipinski definition) is 0. The standard InChI is InChI=1S/C11H19NO3/c1-11(2,3)15-10(13)12-6-4-5-8(12)9-7-14-9/h8-9H,4-7H2,1-3H3/t8-,9+/m0/s1. The van der Waals surface area contributed by atoms with Crippen molar-refractivity contribution in [1.82, 2.24) is 4.90 Å². The molecular formula is C11H19NO3. The number of epoxide rings is 1. The maximum absolute atomic E-state index is 11.9. The van der Waals surface area contributed by atoms with Gasteiger partial charge in [-0.3, -0.25) is 0 Å². The number of hydrogen-bond acceptors (Lipinski definition) is 3. The van der Waals surface area contributed by atoms with Gasteiger partial charge in [0.25, 0.3) is 0 Å². The van der Waals surface area contributed by atoms with E-state index in [-0.39, 0.29) is 18.2 Å². The zero-order chi connectivity index (χ0) is 11.1. The molecule has 4 heteroatoms. The van der Waals surface area contributed by atoms with Crippen LogP contribution in [-0.2, 0) is 9.47 Å². The first-order valence-corrected chi connectivity index (χ1v) is 5.58. The molecule has 2 fully saturated rings. The first-order valence-electron chi connectivity index (χ1n) is 5.58. The third kappa shape index (κ3) is 2.62. The van der Waals surface area contributed by atoms with Crippen LogP contribution in [0.5, 0.6) is 0 Å². The monoisotopic (exact) mass is 213 g/mol. The molecule has 0 unspecified atom stereocenters. The molecule has 0 radical (unpaired) electrons. The van der Waals surface area contributed by atoms with Gasteiger partial charge in [0.15, 0.2) is 0 Å². The lowest BCUT2D eigenvalue weighted by Crippen LogP contribution is -2.42. The highest BCUT2D eigenvalue weighted by Crippen LogP contribution is 2.29. The predicted octanol–water partition coefficient (Wildman–Crippen LogP) is 1.78. The van der Waals surface area contributed by atoms with Crippen molar-refractivity contribution in [1.29, 1.82) is 0 Å². The van der Waals surface area contributed by atoms with Crippen molar-refractivity contribution in [2.45, 2.75) is 51.4 Å². The van der Waals surface area contributed by atoms with Crippen LogP contribution in [0.1, 0.15) is 33.6 Å². The van der Waals surface area contributed by atoms with Gasteiger partial charge < -0.3 is 14.4 Å². The van der Waals surface area contributed by atoms with Gasteiger partial charge in [0.05, 0.1) is 12.6 Å². The van der Waals surface area contributed by atoms with Gasteiger partial charge in [-0.15, -0.1) is 0 Å². The molecule has 2 aliphatic heterocycles. The third-order valence-electron chi connectivity index (χ3n) is 2.72. The van der Waals surface area contributed by atoms with Crippen molar-refractivity contribution in [3.63, 3.8) is 0 Å². The van der Waals surface area contributed by atoms with Crippen LogP contribution < -0.4 is 0 Å².